The monoisotopic (exact) mass is 366 g/mol. The van der Waals surface area contributed by atoms with E-state index in [0.29, 0.717) is 18.5 Å². The third-order valence-corrected chi connectivity index (χ3v) is 4.94. The second kappa shape index (κ2) is 9.00. The summed E-state index contributed by atoms with van der Waals surface area (Å²) in [5, 5.41) is 3.03. The first-order valence-electron chi connectivity index (χ1n) is 9.72. The highest BCUT2D eigenvalue weighted by atomic mass is 16.2. The summed E-state index contributed by atoms with van der Waals surface area (Å²) < 4.78 is 0. The number of likely N-dealkylation sites (tertiary alicyclic amines) is 1. The largest absolute Gasteiger partial charge is 0.334 e. The number of nitrogens with one attached hydrogen (secondary N) is 1. The molecule has 1 aromatic carbocycles. The van der Waals surface area contributed by atoms with Crippen LogP contribution in [0.5, 0.6) is 0 Å². The number of aromatic nitrogens is 1. The molecule has 2 amide bonds. The number of hydrogen-bond acceptors (Lipinski definition) is 3. The highest BCUT2D eigenvalue weighted by Crippen LogP contribution is 2.19. The van der Waals surface area contributed by atoms with Crippen molar-refractivity contribution in [2.75, 3.05) is 19.6 Å². The molecule has 0 saturated carbocycles. The maximum Gasteiger partial charge on any atom is 0.317 e. The van der Waals surface area contributed by atoms with Gasteiger partial charge in [-0.15, -0.1) is 0 Å². The Labute approximate surface area is 162 Å². The minimum atomic E-state index is 0.0256. The highest BCUT2D eigenvalue weighted by molar-refractivity contribution is 5.75. The molecule has 1 aliphatic heterocycles. The van der Waals surface area contributed by atoms with Crippen molar-refractivity contribution in [3.63, 3.8) is 0 Å². The fourth-order valence-corrected chi connectivity index (χ4v) is 3.39. The van der Waals surface area contributed by atoms with E-state index in [4.69, 9.17) is 0 Å². The van der Waals surface area contributed by atoms with Crippen LogP contribution in [0.25, 0.3) is 0 Å². The van der Waals surface area contributed by atoms with E-state index < -0.39 is 0 Å². The molecule has 144 valence electrons. The molecular weight excluding hydrogens is 336 g/mol. The molecule has 5 heteroatoms. The summed E-state index contributed by atoms with van der Waals surface area (Å²) in [4.78, 5) is 21.0. The summed E-state index contributed by atoms with van der Waals surface area (Å²) in [6, 6.07) is 12.8. The smallest absolute Gasteiger partial charge is 0.317 e. The van der Waals surface area contributed by atoms with Gasteiger partial charge in [0.1, 0.15) is 0 Å². The first kappa shape index (κ1) is 19.4. The lowest BCUT2D eigenvalue weighted by atomic mass is 10.0. The fourth-order valence-electron chi connectivity index (χ4n) is 3.39. The summed E-state index contributed by atoms with van der Waals surface area (Å²) in [5.41, 5.74) is 3.58. The van der Waals surface area contributed by atoms with Crippen molar-refractivity contribution < 1.29 is 4.79 Å². The van der Waals surface area contributed by atoms with Crippen molar-refractivity contribution in [2.45, 2.75) is 39.9 Å². The normalized spacial score (nSPS) is 14.5. The minimum absolute atomic E-state index is 0.0256. The number of benzene rings is 1. The van der Waals surface area contributed by atoms with Crippen LogP contribution in [0.15, 0.2) is 48.8 Å². The van der Waals surface area contributed by atoms with E-state index in [1.807, 2.05) is 17.2 Å². The van der Waals surface area contributed by atoms with E-state index in [1.165, 1.54) is 11.1 Å². The Kier molecular flexibility index (Phi) is 6.45. The van der Waals surface area contributed by atoms with Gasteiger partial charge in [0, 0.05) is 51.2 Å². The molecule has 0 spiro atoms. The number of hydrogen-bond donors (Lipinski definition) is 1. The molecule has 0 bridgehead atoms. The summed E-state index contributed by atoms with van der Waals surface area (Å²) in [5.74, 6) is 0.589. The molecule has 2 aromatic rings. The van der Waals surface area contributed by atoms with Crippen LogP contribution in [0.1, 0.15) is 30.5 Å². The molecule has 0 aliphatic carbocycles. The Bertz CT molecular complexity index is 724. The Morgan fingerprint density at radius 1 is 1.22 bits per heavy atom. The number of pyridine rings is 1. The van der Waals surface area contributed by atoms with Crippen molar-refractivity contribution in [1.29, 1.82) is 0 Å². The molecular formula is C22H30N4O. The van der Waals surface area contributed by atoms with Crippen LogP contribution >= 0.6 is 0 Å². The number of carbonyl (C=O) groups excluding carboxylic acids is 1. The van der Waals surface area contributed by atoms with Gasteiger partial charge in [0.05, 0.1) is 0 Å². The van der Waals surface area contributed by atoms with Crippen LogP contribution in [0.3, 0.4) is 0 Å². The second-order valence-electron chi connectivity index (χ2n) is 7.89. The van der Waals surface area contributed by atoms with Gasteiger partial charge in [-0.2, -0.15) is 0 Å². The fraction of sp³-hybridized carbons (Fsp3) is 0.455. The van der Waals surface area contributed by atoms with Gasteiger partial charge in [-0.25, -0.2) is 4.79 Å². The van der Waals surface area contributed by atoms with Crippen molar-refractivity contribution in [2.24, 2.45) is 5.92 Å². The first-order chi connectivity index (χ1) is 13.0. The van der Waals surface area contributed by atoms with E-state index in [2.05, 4.69) is 66.3 Å². The number of urea groups is 1. The second-order valence-corrected chi connectivity index (χ2v) is 7.89. The zero-order valence-corrected chi connectivity index (χ0v) is 16.6. The summed E-state index contributed by atoms with van der Waals surface area (Å²) >= 11 is 0. The lowest BCUT2D eigenvalue weighted by Gasteiger charge is -2.45. The predicted molar refractivity (Wildman–Crippen MR) is 108 cm³/mol. The van der Waals surface area contributed by atoms with Gasteiger partial charge >= 0.3 is 6.03 Å². The molecule has 1 aliphatic rings. The predicted octanol–water partition coefficient (Wildman–Crippen LogP) is 3.44. The minimum Gasteiger partial charge on any atom is -0.334 e. The lowest BCUT2D eigenvalue weighted by Crippen LogP contribution is -2.63. The Balaban J connectivity index is 1.49. The van der Waals surface area contributed by atoms with E-state index in [9.17, 15) is 4.79 Å². The van der Waals surface area contributed by atoms with E-state index >= 15 is 0 Å². The van der Waals surface area contributed by atoms with Crippen molar-refractivity contribution in [3.05, 3.63) is 65.5 Å². The molecule has 0 radical (unpaired) electrons. The molecule has 0 unspecified atom stereocenters. The number of nitrogens with zero attached hydrogens (tertiary/aromatic N) is 3. The molecule has 1 N–H and O–H groups in total. The number of aryl methyl sites for hydroxylation is 1. The van der Waals surface area contributed by atoms with Crippen LogP contribution in [0, 0.1) is 12.8 Å². The molecule has 1 aromatic heterocycles. The molecule has 2 heterocycles. The van der Waals surface area contributed by atoms with Gasteiger partial charge < -0.3 is 10.2 Å². The Morgan fingerprint density at radius 3 is 2.59 bits per heavy atom. The zero-order valence-electron chi connectivity index (χ0n) is 16.6. The van der Waals surface area contributed by atoms with Crippen LogP contribution in [0.4, 0.5) is 4.79 Å². The molecule has 0 atom stereocenters. The molecule has 3 rings (SSSR count). The summed E-state index contributed by atoms with van der Waals surface area (Å²) in [7, 11) is 0. The van der Waals surface area contributed by atoms with Gasteiger partial charge in [-0.05, 0) is 30.0 Å². The number of rotatable bonds is 7. The molecule has 1 saturated heterocycles. The lowest BCUT2D eigenvalue weighted by molar-refractivity contribution is 0.0442. The van der Waals surface area contributed by atoms with Gasteiger partial charge in [0.15, 0.2) is 0 Å². The SMILES string of the molecule is Cc1ccc(CNC(=O)N2CC(N(Cc3cccnc3)CC(C)C)C2)cc1. The summed E-state index contributed by atoms with van der Waals surface area (Å²) in [6.07, 6.45) is 3.73. The Morgan fingerprint density at radius 2 is 1.96 bits per heavy atom. The maximum atomic E-state index is 12.4. The highest BCUT2D eigenvalue weighted by Gasteiger charge is 2.34. The van der Waals surface area contributed by atoms with Crippen molar-refractivity contribution in [1.82, 2.24) is 20.1 Å². The van der Waals surface area contributed by atoms with Crippen molar-refractivity contribution >= 4 is 6.03 Å². The van der Waals surface area contributed by atoms with Gasteiger partial charge in [-0.1, -0.05) is 49.7 Å². The molecule has 1 fully saturated rings. The average molecular weight is 367 g/mol. The first-order valence-corrected chi connectivity index (χ1v) is 9.72. The van der Waals surface area contributed by atoms with E-state index in [1.54, 1.807) is 6.20 Å². The van der Waals surface area contributed by atoms with Crippen LogP contribution in [-0.2, 0) is 13.1 Å². The molecule has 27 heavy (non-hydrogen) atoms. The zero-order chi connectivity index (χ0) is 19.2. The average Bonchev–Trinajstić information content (AvgIpc) is 2.60. The van der Waals surface area contributed by atoms with Crippen LogP contribution in [-0.4, -0.2) is 46.5 Å². The van der Waals surface area contributed by atoms with Gasteiger partial charge in [-0.3, -0.25) is 9.88 Å². The number of amides is 2. The Hall–Kier alpha value is -2.40. The van der Waals surface area contributed by atoms with E-state index in [-0.39, 0.29) is 6.03 Å². The van der Waals surface area contributed by atoms with Crippen LogP contribution < -0.4 is 5.32 Å². The quantitative estimate of drug-likeness (QED) is 0.817. The van der Waals surface area contributed by atoms with E-state index in [0.717, 1.165) is 31.7 Å². The van der Waals surface area contributed by atoms with Crippen molar-refractivity contribution in [3.8, 4) is 0 Å². The topological polar surface area (TPSA) is 48.5 Å². The summed E-state index contributed by atoms with van der Waals surface area (Å²) in [6.45, 7) is 10.6. The van der Waals surface area contributed by atoms with Gasteiger partial charge in [0.25, 0.3) is 0 Å². The number of carbonyl (C=O) groups is 1. The standard InChI is InChI=1S/C22H30N4O/c1-17(2)13-25(14-20-5-4-10-23-11-20)21-15-26(16-21)22(27)24-12-19-8-6-18(3)7-9-19/h4-11,17,21H,12-16H2,1-3H3,(H,24,27). The molecule has 5 nitrogen and oxygen atoms in total. The third kappa shape index (κ3) is 5.54. The maximum absolute atomic E-state index is 12.4. The van der Waals surface area contributed by atoms with Crippen LogP contribution in [0.2, 0.25) is 0 Å². The third-order valence-electron chi connectivity index (χ3n) is 4.94. The van der Waals surface area contributed by atoms with Gasteiger partial charge in [0.2, 0.25) is 0 Å².